The van der Waals surface area contributed by atoms with E-state index in [9.17, 15) is 14.7 Å². The summed E-state index contributed by atoms with van der Waals surface area (Å²) in [6.45, 7) is 5.21. The molecule has 0 heterocycles. The second-order valence-electron chi connectivity index (χ2n) is 5.76. The summed E-state index contributed by atoms with van der Waals surface area (Å²) >= 11 is 0. The number of rotatable bonds is 4. The molecule has 0 bridgehead atoms. The molecule has 0 radical (unpaired) electrons. The zero-order valence-corrected chi connectivity index (χ0v) is 12.1. The van der Waals surface area contributed by atoms with Gasteiger partial charge in [0.1, 0.15) is 12.5 Å². The van der Waals surface area contributed by atoms with Crippen LogP contribution in [0.5, 0.6) is 0 Å². The van der Waals surface area contributed by atoms with Crippen molar-refractivity contribution in [3.05, 3.63) is 48.6 Å². The molecule has 1 aromatic rings. The third kappa shape index (κ3) is 3.58. The SMILES string of the molecule is C=CCOC(=O)C1C(=O)CC(C)(O)CC1c1ccccc1. The maximum atomic E-state index is 12.3. The number of ether oxygens (including phenoxy) is 1. The largest absolute Gasteiger partial charge is 0.461 e. The molecule has 3 atom stereocenters. The molecule has 1 N–H and O–H groups in total. The van der Waals surface area contributed by atoms with E-state index < -0.39 is 17.5 Å². The molecule has 0 aliphatic heterocycles. The van der Waals surface area contributed by atoms with Gasteiger partial charge in [-0.2, -0.15) is 0 Å². The molecule has 112 valence electrons. The zero-order valence-electron chi connectivity index (χ0n) is 12.1. The fourth-order valence-corrected chi connectivity index (χ4v) is 2.91. The number of hydrogen-bond acceptors (Lipinski definition) is 4. The quantitative estimate of drug-likeness (QED) is 0.524. The van der Waals surface area contributed by atoms with Gasteiger partial charge in [0.2, 0.25) is 0 Å². The van der Waals surface area contributed by atoms with Crippen LogP contribution in [0.3, 0.4) is 0 Å². The van der Waals surface area contributed by atoms with Gasteiger partial charge < -0.3 is 9.84 Å². The topological polar surface area (TPSA) is 63.6 Å². The van der Waals surface area contributed by atoms with Crippen LogP contribution in [0, 0.1) is 5.92 Å². The predicted molar refractivity (Wildman–Crippen MR) is 78.7 cm³/mol. The molecule has 1 fully saturated rings. The second-order valence-corrected chi connectivity index (χ2v) is 5.76. The molecule has 0 amide bonds. The van der Waals surface area contributed by atoms with Crippen molar-refractivity contribution >= 4 is 11.8 Å². The Morgan fingerprint density at radius 3 is 2.76 bits per heavy atom. The summed E-state index contributed by atoms with van der Waals surface area (Å²) in [4.78, 5) is 24.5. The maximum Gasteiger partial charge on any atom is 0.317 e. The summed E-state index contributed by atoms with van der Waals surface area (Å²) in [6, 6.07) is 9.32. The van der Waals surface area contributed by atoms with Crippen molar-refractivity contribution < 1.29 is 19.4 Å². The number of carbonyl (C=O) groups excluding carboxylic acids is 2. The summed E-state index contributed by atoms with van der Waals surface area (Å²) in [5.74, 6) is -2.02. The van der Waals surface area contributed by atoms with Crippen molar-refractivity contribution in [3.8, 4) is 0 Å². The summed E-state index contributed by atoms with van der Waals surface area (Å²) in [7, 11) is 0. The first-order chi connectivity index (χ1) is 9.94. The van der Waals surface area contributed by atoms with Gasteiger partial charge in [-0.1, -0.05) is 43.0 Å². The van der Waals surface area contributed by atoms with Gasteiger partial charge in [0.25, 0.3) is 0 Å². The van der Waals surface area contributed by atoms with Gasteiger partial charge in [-0.05, 0) is 18.9 Å². The fourth-order valence-electron chi connectivity index (χ4n) is 2.91. The lowest BCUT2D eigenvalue weighted by atomic mass is 9.69. The van der Waals surface area contributed by atoms with E-state index in [4.69, 9.17) is 4.74 Å². The maximum absolute atomic E-state index is 12.3. The number of carbonyl (C=O) groups is 2. The van der Waals surface area contributed by atoms with Crippen molar-refractivity contribution in [2.24, 2.45) is 5.92 Å². The van der Waals surface area contributed by atoms with Gasteiger partial charge in [-0.15, -0.1) is 0 Å². The minimum atomic E-state index is -1.09. The Labute approximate surface area is 124 Å². The van der Waals surface area contributed by atoms with Crippen LogP contribution in [0.2, 0.25) is 0 Å². The van der Waals surface area contributed by atoms with Crippen LogP contribution in [0.15, 0.2) is 43.0 Å². The highest BCUT2D eigenvalue weighted by Gasteiger charge is 2.46. The lowest BCUT2D eigenvalue weighted by molar-refractivity contribution is -0.156. The lowest BCUT2D eigenvalue weighted by Gasteiger charge is -2.37. The number of hydrogen-bond donors (Lipinski definition) is 1. The average molecular weight is 288 g/mol. The van der Waals surface area contributed by atoms with E-state index in [2.05, 4.69) is 6.58 Å². The summed E-state index contributed by atoms with van der Waals surface area (Å²) in [5, 5.41) is 10.3. The van der Waals surface area contributed by atoms with E-state index in [1.54, 1.807) is 6.92 Å². The van der Waals surface area contributed by atoms with Crippen LogP contribution in [-0.4, -0.2) is 29.1 Å². The highest BCUT2D eigenvalue weighted by molar-refractivity contribution is 6.01. The normalized spacial score (nSPS) is 29.0. The van der Waals surface area contributed by atoms with Gasteiger partial charge >= 0.3 is 5.97 Å². The molecule has 1 aromatic carbocycles. The first-order valence-corrected chi connectivity index (χ1v) is 7.02. The number of benzene rings is 1. The van der Waals surface area contributed by atoms with Crippen LogP contribution in [-0.2, 0) is 14.3 Å². The third-order valence-electron chi connectivity index (χ3n) is 3.79. The molecule has 1 aliphatic rings. The fraction of sp³-hybridized carbons (Fsp3) is 0.412. The van der Waals surface area contributed by atoms with Crippen LogP contribution in [0.25, 0.3) is 0 Å². The molecule has 4 nitrogen and oxygen atoms in total. The van der Waals surface area contributed by atoms with Gasteiger partial charge in [0, 0.05) is 12.3 Å². The van der Waals surface area contributed by atoms with Crippen molar-refractivity contribution in [3.63, 3.8) is 0 Å². The van der Waals surface area contributed by atoms with Crippen LogP contribution < -0.4 is 0 Å². The van der Waals surface area contributed by atoms with Gasteiger partial charge in [0.15, 0.2) is 5.78 Å². The molecule has 0 aromatic heterocycles. The minimum Gasteiger partial charge on any atom is -0.461 e. The monoisotopic (exact) mass is 288 g/mol. The van der Waals surface area contributed by atoms with Crippen molar-refractivity contribution in [2.45, 2.75) is 31.3 Å². The molecule has 1 aliphatic carbocycles. The van der Waals surface area contributed by atoms with E-state index in [1.807, 2.05) is 30.3 Å². The number of ketones is 1. The Bertz CT molecular complexity index is 533. The Morgan fingerprint density at radius 1 is 1.48 bits per heavy atom. The van der Waals surface area contributed by atoms with E-state index in [0.29, 0.717) is 6.42 Å². The number of esters is 1. The van der Waals surface area contributed by atoms with E-state index in [1.165, 1.54) is 6.08 Å². The third-order valence-corrected chi connectivity index (χ3v) is 3.79. The highest BCUT2D eigenvalue weighted by Crippen LogP contribution is 2.41. The number of Topliss-reactive ketones (excluding diaryl/α,β-unsaturated/α-hetero) is 1. The second kappa shape index (κ2) is 6.22. The predicted octanol–water partition coefficient (Wildman–Crippen LogP) is 2.23. The van der Waals surface area contributed by atoms with Gasteiger partial charge in [-0.25, -0.2) is 0 Å². The van der Waals surface area contributed by atoms with Gasteiger partial charge in [-0.3, -0.25) is 9.59 Å². The summed E-state index contributed by atoms with van der Waals surface area (Å²) < 4.78 is 5.06. The standard InChI is InChI=1S/C17H20O4/c1-3-9-21-16(19)15-13(12-7-5-4-6-8-12)10-17(2,20)11-14(15)18/h3-8,13,15,20H,1,9-11H2,2H3. The highest BCUT2D eigenvalue weighted by atomic mass is 16.5. The van der Waals surface area contributed by atoms with Crippen molar-refractivity contribution in [1.82, 2.24) is 0 Å². The Morgan fingerprint density at radius 2 is 2.14 bits per heavy atom. The molecule has 0 saturated heterocycles. The molecular weight excluding hydrogens is 268 g/mol. The molecular formula is C17H20O4. The first kappa shape index (κ1) is 15.4. The molecule has 1 saturated carbocycles. The minimum absolute atomic E-state index is 0.0236. The molecule has 0 spiro atoms. The van der Waals surface area contributed by atoms with E-state index >= 15 is 0 Å². The Hall–Kier alpha value is -1.94. The zero-order chi connectivity index (χ0) is 15.5. The van der Waals surface area contributed by atoms with Gasteiger partial charge in [0.05, 0.1) is 5.60 Å². The number of aliphatic hydroxyl groups is 1. The van der Waals surface area contributed by atoms with Crippen molar-refractivity contribution in [2.75, 3.05) is 6.61 Å². The molecule has 2 rings (SSSR count). The molecule has 3 unspecified atom stereocenters. The first-order valence-electron chi connectivity index (χ1n) is 7.02. The Balaban J connectivity index is 2.32. The smallest absolute Gasteiger partial charge is 0.317 e. The van der Waals surface area contributed by atoms with Crippen LogP contribution in [0.4, 0.5) is 0 Å². The van der Waals surface area contributed by atoms with Crippen LogP contribution in [0.1, 0.15) is 31.2 Å². The van der Waals surface area contributed by atoms with Crippen molar-refractivity contribution in [1.29, 1.82) is 0 Å². The van der Waals surface area contributed by atoms with E-state index in [0.717, 1.165) is 5.56 Å². The Kier molecular flexibility index (Phi) is 4.58. The van der Waals surface area contributed by atoms with E-state index in [-0.39, 0.29) is 24.7 Å². The molecule has 21 heavy (non-hydrogen) atoms. The summed E-state index contributed by atoms with van der Waals surface area (Å²) in [5.41, 5.74) is -0.223. The summed E-state index contributed by atoms with van der Waals surface area (Å²) in [6.07, 6.45) is 1.81. The average Bonchev–Trinajstić information content (AvgIpc) is 2.44. The lowest BCUT2D eigenvalue weighted by Crippen LogP contribution is -2.45. The van der Waals surface area contributed by atoms with Crippen LogP contribution >= 0.6 is 0 Å². The molecule has 4 heteroatoms.